The molecule has 1 fully saturated rings. The number of carbonyl (C=O) groups excluding carboxylic acids is 1. The topological polar surface area (TPSA) is 47.9 Å². The van der Waals surface area contributed by atoms with Gasteiger partial charge in [-0.25, -0.2) is 4.99 Å². The SMILES string of the molecule is CN(C)C(=O)CNC(=NCc1ccccc1)N1CCC(c2ccccc2)C1. The summed E-state index contributed by atoms with van der Waals surface area (Å²) in [5.74, 6) is 1.35. The van der Waals surface area contributed by atoms with Crippen molar-refractivity contribution < 1.29 is 4.79 Å². The van der Waals surface area contributed by atoms with E-state index in [1.807, 2.05) is 18.2 Å². The summed E-state index contributed by atoms with van der Waals surface area (Å²) in [6.07, 6.45) is 1.09. The molecule has 0 aliphatic carbocycles. The maximum absolute atomic E-state index is 12.0. The molecule has 1 aliphatic rings. The Balaban J connectivity index is 1.70. The molecule has 2 aromatic rings. The molecule has 1 aliphatic heterocycles. The second-order valence-corrected chi connectivity index (χ2v) is 7.11. The summed E-state index contributed by atoms with van der Waals surface area (Å²) in [5.41, 5.74) is 2.53. The molecule has 1 N–H and O–H groups in total. The Labute approximate surface area is 161 Å². The van der Waals surface area contributed by atoms with Crippen LogP contribution in [0.15, 0.2) is 65.7 Å². The van der Waals surface area contributed by atoms with Crippen LogP contribution in [0, 0.1) is 0 Å². The van der Waals surface area contributed by atoms with E-state index in [9.17, 15) is 4.79 Å². The van der Waals surface area contributed by atoms with Gasteiger partial charge in [-0.05, 0) is 17.5 Å². The van der Waals surface area contributed by atoms with Gasteiger partial charge in [-0.15, -0.1) is 0 Å². The molecule has 1 amide bonds. The number of likely N-dealkylation sites (N-methyl/N-ethyl adjacent to an activating group) is 1. The Morgan fingerprint density at radius 2 is 1.78 bits per heavy atom. The number of hydrogen-bond donors (Lipinski definition) is 1. The van der Waals surface area contributed by atoms with Crippen LogP contribution in [0.1, 0.15) is 23.5 Å². The lowest BCUT2D eigenvalue weighted by molar-refractivity contribution is -0.127. The number of amides is 1. The Morgan fingerprint density at radius 3 is 2.44 bits per heavy atom. The minimum atomic E-state index is 0.0428. The summed E-state index contributed by atoms with van der Waals surface area (Å²) in [4.78, 5) is 20.7. The third-order valence-corrected chi connectivity index (χ3v) is 4.91. The van der Waals surface area contributed by atoms with E-state index in [1.54, 1.807) is 19.0 Å². The number of hydrogen-bond acceptors (Lipinski definition) is 2. The van der Waals surface area contributed by atoms with Crippen LogP contribution >= 0.6 is 0 Å². The average Bonchev–Trinajstić information content (AvgIpc) is 3.19. The van der Waals surface area contributed by atoms with Crippen molar-refractivity contribution in [2.75, 3.05) is 33.7 Å². The van der Waals surface area contributed by atoms with Gasteiger partial charge < -0.3 is 15.1 Å². The molecule has 142 valence electrons. The van der Waals surface area contributed by atoms with Gasteiger partial charge >= 0.3 is 0 Å². The van der Waals surface area contributed by atoms with Crippen molar-refractivity contribution >= 4 is 11.9 Å². The first kappa shape index (κ1) is 19.0. The van der Waals surface area contributed by atoms with Gasteiger partial charge in [0.15, 0.2) is 5.96 Å². The van der Waals surface area contributed by atoms with Crippen LogP contribution in [-0.2, 0) is 11.3 Å². The minimum Gasteiger partial charge on any atom is -0.347 e. The lowest BCUT2D eigenvalue weighted by Gasteiger charge is -2.23. The van der Waals surface area contributed by atoms with Gasteiger partial charge in [0.2, 0.25) is 5.91 Å². The molecule has 1 unspecified atom stereocenters. The van der Waals surface area contributed by atoms with Crippen molar-refractivity contribution in [1.82, 2.24) is 15.1 Å². The van der Waals surface area contributed by atoms with Gasteiger partial charge in [-0.3, -0.25) is 4.79 Å². The highest BCUT2D eigenvalue weighted by molar-refractivity contribution is 5.86. The lowest BCUT2D eigenvalue weighted by Crippen LogP contribution is -2.44. The molecule has 2 aromatic carbocycles. The third-order valence-electron chi connectivity index (χ3n) is 4.91. The van der Waals surface area contributed by atoms with E-state index in [1.165, 1.54) is 5.56 Å². The Bertz CT molecular complexity index is 758. The van der Waals surface area contributed by atoms with E-state index in [2.05, 4.69) is 52.7 Å². The van der Waals surface area contributed by atoms with E-state index in [0.717, 1.165) is 31.0 Å². The molecule has 5 heteroatoms. The van der Waals surface area contributed by atoms with E-state index >= 15 is 0 Å². The second kappa shape index (κ2) is 9.21. The maximum atomic E-state index is 12.0. The largest absolute Gasteiger partial charge is 0.347 e. The summed E-state index contributed by atoms with van der Waals surface area (Å²) in [6.45, 7) is 2.72. The number of nitrogens with one attached hydrogen (secondary N) is 1. The molecule has 0 saturated carbocycles. The fourth-order valence-corrected chi connectivity index (χ4v) is 3.28. The maximum Gasteiger partial charge on any atom is 0.241 e. The summed E-state index contributed by atoms with van der Waals surface area (Å²) < 4.78 is 0. The standard InChI is InChI=1S/C22H28N4O/c1-25(2)21(27)16-24-22(23-15-18-9-5-3-6-10-18)26-14-13-20(17-26)19-11-7-4-8-12-19/h3-12,20H,13-17H2,1-2H3,(H,23,24). The monoisotopic (exact) mass is 364 g/mol. The van der Waals surface area contributed by atoms with Crippen molar-refractivity contribution in [1.29, 1.82) is 0 Å². The average molecular weight is 364 g/mol. The number of rotatable bonds is 5. The van der Waals surface area contributed by atoms with Crippen LogP contribution in [-0.4, -0.2) is 55.4 Å². The van der Waals surface area contributed by atoms with Crippen LogP contribution in [0.4, 0.5) is 0 Å². The highest BCUT2D eigenvalue weighted by Gasteiger charge is 2.26. The third kappa shape index (κ3) is 5.33. The zero-order valence-corrected chi connectivity index (χ0v) is 16.1. The van der Waals surface area contributed by atoms with Crippen LogP contribution in [0.3, 0.4) is 0 Å². The highest BCUT2D eigenvalue weighted by atomic mass is 16.2. The molecule has 0 radical (unpaired) electrons. The normalized spacial score (nSPS) is 17.0. The molecule has 27 heavy (non-hydrogen) atoms. The Morgan fingerprint density at radius 1 is 1.11 bits per heavy atom. The van der Waals surface area contributed by atoms with Crippen molar-refractivity contribution in [3.63, 3.8) is 0 Å². The van der Waals surface area contributed by atoms with Crippen LogP contribution in [0.2, 0.25) is 0 Å². The molecular weight excluding hydrogens is 336 g/mol. The number of nitrogens with zero attached hydrogens (tertiary/aromatic N) is 3. The van der Waals surface area contributed by atoms with Crippen LogP contribution < -0.4 is 5.32 Å². The molecule has 1 atom stereocenters. The van der Waals surface area contributed by atoms with Crippen LogP contribution in [0.25, 0.3) is 0 Å². The first-order chi connectivity index (χ1) is 13.1. The highest BCUT2D eigenvalue weighted by Crippen LogP contribution is 2.26. The first-order valence-corrected chi connectivity index (χ1v) is 9.46. The molecule has 0 bridgehead atoms. The van der Waals surface area contributed by atoms with Crippen molar-refractivity contribution in [2.45, 2.75) is 18.9 Å². The number of aliphatic imine (C=N–C) groups is 1. The summed E-state index contributed by atoms with van der Waals surface area (Å²) in [6, 6.07) is 20.8. The van der Waals surface area contributed by atoms with Crippen molar-refractivity contribution in [3.8, 4) is 0 Å². The number of benzene rings is 2. The molecular formula is C22H28N4O. The first-order valence-electron chi connectivity index (χ1n) is 9.46. The van der Waals surface area contributed by atoms with E-state index in [-0.39, 0.29) is 12.5 Å². The predicted molar refractivity (Wildman–Crippen MR) is 110 cm³/mol. The second-order valence-electron chi connectivity index (χ2n) is 7.11. The van der Waals surface area contributed by atoms with E-state index in [0.29, 0.717) is 12.5 Å². The lowest BCUT2D eigenvalue weighted by atomic mass is 9.99. The Kier molecular flexibility index (Phi) is 6.47. The van der Waals surface area contributed by atoms with Crippen molar-refractivity contribution in [3.05, 3.63) is 71.8 Å². The molecule has 1 heterocycles. The number of likely N-dealkylation sites (tertiary alicyclic amines) is 1. The molecule has 0 aromatic heterocycles. The predicted octanol–water partition coefficient (Wildman–Crippen LogP) is 2.71. The molecule has 5 nitrogen and oxygen atoms in total. The van der Waals surface area contributed by atoms with Gasteiger partial charge in [0.25, 0.3) is 0 Å². The zero-order chi connectivity index (χ0) is 19.1. The minimum absolute atomic E-state index is 0.0428. The fourth-order valence-electron chi connectivity index (χ4n) is 3.28. The number of guanidine groups is 1. The van der Waals surface area contributed by atoms with Gasteiger partial charge in [0.05, 0.1) is 13.1 Å². The smallest absolute Gasteiger partial charge is 0.241 e. The molecule has 0 spiro atoms. The fraction of sp³-hybridized carbons (Fsp3) is 0.364. The van der Waals surface area contributed by atoms with Gasteiger partial charge in [0, 0.05) is 33.1 Å². The van der Waals surface area contributed by atoms with Crippen molar-refractivity contribution in [2.24, 2.45) is 4.99 Å². The van der Waals surface area contributed by atoms with Gasteiger partial charge in [-0.2, -0.15) is 0 Å². The quantitative estimate of drug-likeness (QED) is 0.656. The van der Waals surface area contributed by atoms with Gasteiger partial charge in [-0.1, -0.05) is 60.7 Å². The van der Waals surface area contributed by atoms with Gasteiger partial charge in [0.1, 0.15) is 0 Å². The van der Waals surface area contributed by atoms with E-state index < -0.39 is 0 Å². The summed E-state index contributed by atoms with van der Waals surface area (Å²) >= 11 is 0. The molecule has 3 rings (SSSR count). The number of carbonyl (C=O) groups is 1. The van der Waals surface area contributed by atoms with Crippen LogP contribution in [0.5, 0.6) is 0 Å². The summed E-state index contributed by atoms with van der Waals surface area (Å²) in [5, 5.41) is 3.27. The molecule has 1 saturated heterocycles. The Hall–Kier alpha value is -2.82. The summed E-state index contributed by atoms with van der Waals surface area (Å²) in [7, 11) is 3.54. The zero-order valence-electron chi connectivity index (χ0n) is 16.1. The van der Waals surface area contributed by atoms with E-state index in [4.69, 9.17) is 4.99 Å².